The minimum Gasteiger partial charge on any atom is -0.384 e. The second kappa shape index (κ2) is 8.48. The number of nitrogens with one attached hydrogen (secondary N) is 2. The summed E-state index contributed by atoms with van der Waals surface area (Å²) in [5, 5.41) is 9.55. The van der Waals surface area contributed by atoms with Gasteiger partial charge in [-0.1, -0.05) is 0 Å². The summed E-state index contributed by atoms with van der Waals surface area (Å²) in [4.78, 5) is 29.4. The molecule has 25 heavy (non-hydrogen) atoms. The van der Waals surface area contributed by atoms with Crippen LogP contribution in [0, 0.1) is 0 Å². The third kappa shape index (κ3) is 4.93. The standard InChI is InChI=1S/C16H20N6O2.ClH/c17-14-5-3-12(10-18-14)19-11-2-1-8-22(9-7-11)16(24)13-4-6-15(23)21-20-13;/h3-6,10-11,19H,1-2,7-9H2,(H2,17,18)(H,21,23);1H. The highest BCUT2D eigenvalue weighted by Crippen LogP contribution is 2.18. The SMILES string of the molecule is Cl.Nc1ccc(NC2CCCN(C(=O)c3ccc(=O)[nH]n3)CC2)cn1. The summed E-state index contributed by atoms with van der Waals surface area (Å²) in [7, 11) is 0. The number of likely N-dealkylation sites (tertiary alicyclic amines) is 1. The van der Waals surface area contributed by atoms with E-state index >= 15 is 0 Å². The summed E-state index contributed by atoms with van der Waals surface area (Å²) >= 11 is 0. The van der Waals surface area contributed by atoms with Gasteiger partial charge >= 0.3 is 0 Å². The van der Waals surface area contributed by atoms with Gasteiger partial charge in [0.05, 0.1) is 11.9 Å². The molecule has 3 rings (SSSR count). The maximum absolute atomic E-state index is 12.5. The maximum Gasteiger partial charge on any atom is 0.274 e. The van der Waals surface area contributed by atoms with Crippen LogP contribution in [-0.2, 0) is 0 Å². The van der Waals surface area contributed by atoms with Crippen LogP contribution in [0.2, 0.25) is 0 Å². The number of carbonyl (C=O) groups excluding carboxylic acids is 1. The molecule has 1 aliphatic heterocycles. The number of H-pyrrole nitrogens is 1. The third-order valence-corrected chi connectivity index (χ3v) is 4.07. The average Bonchev–Trinajstić information content (AvgIpc) is 2.83. The van der Waals surface area contributed by atoms with E-state index in [2.05, 4.69) is 20.5 Å². The van der Waals surface area contributed by atoms with E-state index in [0.29, 0.717) is 18.9 Å². The molecule has 9 heteroatoms. The fourth-order valence-electron chi connectivity index (χ4n) is 2.80. The van der Waals surface area contributed by atoms with Gasteiger partial charge in [-0.25, -0.2) is 10.1 Å². The molecule has 2 aromatic heterocycles. The molecule has 0 spiro atoms. The number of pyridine rings is 1. The van der Waals surface area contributed by atoms with E-state index in [4.69, 9.17) is 5.73 Å². The fourth-order valence-corrected chi connectivity index (χ4v) is 2.80. The predicted octanol–water partition coefficient (Wildman–Crippen LogP) is 1.28. The molecule has 0 aliphatic carbocycles. The first-order chi connectivity index (χ1) is 11.6. The lowest BCUT2D eigenvalue weighted by molar-refractivity contribution is 0.0754. The highest BCUT2D eigenvalue weighted by molar-refractivity contribution is 5.92. The number of hydrogen-bond acceptors (Lipinski definition) is 6. The van der Waals surface area contributed by atoms with Gasteiger partial charge < -0.3 is 16.0 Å². The van der Waals surface area contributed by atoms with Gasteiger partial charge in [0.25, 0.3) is 11.5 Å². The zero-order chi connectivity index (χ0) is 16.9. The molecular formula is C16H21ClN6O2. The van der Waals surface area contributed by atoms with Crippen molar-refractivity contribution >= 4 is 29.8 Å². The number of halogens is 1. The number of hydrogen-bond donors (Lipinski definition) is 3. The van der Waals surface area contributed by atoms with Crippen LogP contribution in [0.1, 0.15) is 29.8 Å². The Morgan fingerprint density at radius 2 is 2.08 bits per heavy atom. The molecule has 1 amide bonds. The molecule has 1 atom stereocenters. The number of nitrogen functional groups attached to an aromatic ring is 1. The van der Waals surface area contributed by atoms with E-state index in [-0.39, 0.29) is 35.6 Å². The molecule has 1 fully saturated rings. The van der Waals surface area contributed by atoms with E-state index in [1.807, 2.05) is 6.07 Å². The third-order valence-electron chi connectivity index (χ3n) is 4.07. The smallest absolute Gasteiger partial charge is 0.274 e. The monoisotopic (exact) mass is 364 g/mol. The summed E-state index contributed by atoms with van der Waals surface area (Å²) in [6, 6.07) is 6.71. The number of nitrogens with zero attached hydrogens (tertiary/aromatic N) is 3. The second-order valence-corrected chi connectivity index (χ2v) is 5.84. The van der Waals surface area contributed by atoms with Gasteiger partial charge in [0.15, 0.2) is 0 Å². The van der Waals surface area contributed by atoms with Gasteiger partial charge in [-0.3, -0.25) is 9.59 Å². The van der Waals surface area contributed by atoms with E-state index in [0.717, 1.165) is 24.9 Å². The van der Waals surface area contributed by atoms with Crippen molar-refractivity contribution in [3.8, 4) is 0 Å². The van der Waals surface area contributed by atoms with Crippen molar-refractivity contribution in [2.75, 3.05) is 24.1 Å². The Balaban J connectivity index is 0.00000225. The Kier molecular flexibility index (Phi) is 6.35. The van der Waals surface area contributed by atoms with Crippen molar-refractivity contribution in [1.29, 1.82) is 0 Å². The van der Waals surface area contributed by atoms with Crippen molar-refractivity contribution < 1.29 is 4.79 Å². The first kappa shape index (κ1) is 18.7. The summed E-state index contributed by atoms with van der Waals surface area (Å²) in [6.07, 6.45) is 4.41. The predicted molar refractivity (Wildman–Crippen MR) is 97.9 cm³/mol. The minimum absolute atomic E-state index is 0. The molecule has 134 valence electrons. The summed E-state index contributed by atoms with van der Waals surface area (Å²) in [5.74, 6) is 0.340. The number of anilines is 2. The summed E-state index contributed by atoms with van der Waals surface area (Å²) < 4.78 is 0. The molecule has 1 unspecified atom stereocenters. The number of rotatable bonds is 3. The maximum atomic E-state index is 12.5. The molecule has 4 N–H and O–H groups in total. The van der Waals surface area contributed by atoms with Crippen molar-refractivity contribution in [2.45, 2.75) is 25.3 Å². The average molecular weight is 365 g/mol. The normalized spacial score (nSPS) is 17.3. The van der Waals surface area contributed by atoms with Crippen molar-refractivity contribution in [1.82, 2.24) is 20.1 Å². The lowest BCUT2D eigenvalue weighted by Gasteiger charge is -2.20. The van der Waals surface area contributed by atoms with Crippen LogP contribution in [0.3, 0.4) is 0 Å². The largest absolute Gasteiger partial charge is 0.384 e. The van der Waals surface area contributed by atoms with Gasteiger partial charge in [-0.15, -0.1) is 12.4 Å². The Hall–Kier alpha value is -2.61. The molecule has 8 nitrogen and oxygen atoms in total. The van der Waals surface area contributed by atoms with E-state index in [9.17, 15) is 9.59 Å². The molecule has 1 saturated heterocycles. The number of aromatic nitrogens is 3. The second-order valence-electron chi connectivity index (χ2n) is 5.84. The van der Waals surface area contributed by atoms with Crippen LogP contribution < -0.4 is 16.6 Å². The van der Waals surface area contributed by atoms with Gasteiger partial charge in [0.1, 0.15) is 11.5 Å². The highest BCUT2D eigenvalue weighted by atomic mass is 35.5. The minimum atomic E-state index is -0.316. The van der Waals surface area contributed by atoms with Crippen LogP contribution in [0.4, 0.5) is 11.5 Å². The quantitative estimate of drug-likeness (QED) is 0.755. The molecule has 0 radical (unpaired) electrons. The fraction of sp³-hybridized carbons (Fsp3) is 0.375. The molecule has 2 aromatic rings. The van der Waals surface area contributed by atoms with Crippen LogP contribution in [-0.4, -0.2) is 45.1 Å². The molecule has 0 saturated carbocycles. The van der Waals surface area contributed by atoms with Gasteiger partial charge in [0.2, 0.25) is 0 Å². The first-order valence-electron chi connectivity index (χ1n) is 7.95. The van der Waals surface area contributed by atoms with E-state index in [1.165, 1.54) is 12.1 Å². The number of carbonyl (C=O) groups is 1. The Labute approximate surface area is 151 Å². The molecule has 0 bridgehead atoms. The molecular weight excluding hydrogens is 344 g/mol. The Morgan fingerprint density at radius 1 is 1.24 bits per heavy atom. The highest BCUT2D eigenvalue weighted by Gasteiger charge is 2.22. The van der Waals surface area contributed by atoms with Crippen LogP contribution >= 0.6 is 12.4 Å². The zero-order valence-corrected chi connectivity index (χ0v) is 14.5. The lowest BCUT2D eigenvalue weighted by atomic mass is 10.1. The summed E-state index contributed by atoms with van der Waals surface area (Å²) in [6.45, 7) is 1.32. The van der Waals surface area contributed by atoms with E-state index in [1.54, 1.807) is 17.2 Å². The van der Waals surface area contributed by atoms with Crippen LogP contribution in [0.15, 0.2) is 35.3 Å². The molecule has 3 heterocycles. The lowest BCUT2D eigenvalue weighted by Crippen LogP contribution is -2.33. The van der Waals surface area contributed by atoms with Gasteiger partial charge in [0, 0.05) is 25.2 Å². The zero-order valence-electron chi connectivity index (χ0n) is 13.6. The summed E-state index contributed by atoms with van der Waals surface area (Å²) in [5.41, 5.74) is 6.47. The van der Waals surface area contributed by atoms with Crippen LogP contribution in [0.5, 0.6) is 0 Å². The number of amides is 1. The first-order valence-corrected chi connectivity index (χ1v) is 7.95. The van der Waals surface area contributed by atoms with E-state index < -0.39 is 0 Å². The van der Waals surface area contributed by atoms with Crippen LogP contribution in [0.25, 0.3) is 0 Å². The molecule has 1 aliphatic rings. The Bertz CT molecular complexity index is 743. The molecule has 0 aromatic carbocycles. The van der Waals surface area contributed by atoms with Gasteiger partial charge in [-0.2, -0.15) is 5.10 Å². The topological polar surface area (TPSA) is 117 Å². The van der Waals surface area contributed by atoms with Crippen molar-refractivity contribution in [3.63, 3.8) is 0 Å². The Morgan fingerprint density at radius 3 is 2.76 bits per heavy atom. The van der Waals surface area contributed by atoms with Crippen molar-refractivity contribution in [3.05, 3.63) is 46.5 Å². The van der Waals surface area contributed by atoms with Gasteiger partial charge in [-0.05, 0) is 37.5 Å². The number of nitrogens with two attached hydrogens (primary N) is 1. The van der Waals surface area contributed by atoms with Crippen molar-refractivity contribution in [2.24, 2.45) is 0 Å². The number of aromatic amines is 1.